The Labute approximate surface area is 107 Å². The van der Waals surface area contributed by atoms with E-state index in [4.69, 9.17) is 4.74 Å². The van der Waals surface area contributed by atoms with E-state index in [1.807, 2.05) is 6.92 Å². The minimum absolute atomic E-state index is 0.132. The molecule has 5 nitrogen and oxygen atoms in total. The molecule has 1 heterocycles. The van der Waals surface area contributed by atoms with E-state index in [0.29, 0.717) is 13.0 Å². The SMILES string of the molecule is CCOC(=O)CCCNc1ncnc2c1CCC2. The minimum atomic E-state index is -0.132. The van der Waals surface area contributed by atoms with Crippen LogP contribution >= 0.6 is 0 Å². The second-order valence-electron chi connectivity index (χ2n) is 4.34. The maximum Gasteiger partial charge on any atom is 0.305 e. The smallest absolute Gasteiger partial charge is 0.305 e. The number of nitrogens with one attached hydrogen (secondary N) is 1. The highest BCUT2D eigenvalue weighted by atomic mass is 16.5. The predicted octanol–water partition coefficient (Wildman–Crippen LogP) is 1.72. The lowest BCUT2D eigenvalue weighted by atomic mass is 10.2. The summed E-state index contributed by atoms with van der Waals surface area (Å²) in [5, 5.41) is 3.28. The van der Waals surface area contributed by atoms with Crippen molar-refractivity contribution in [3.63, 3.8) is 0 Å². The Morgan fingerprint density at radius 2 is 2.33 bits per heavy atom. The zero-order valence-corrected chi connectivity index (χ0v) is 10.7. The van der Waals surface area contributed by atoms with Gasteiger partial charge in [-0.3, -0.25) is 4.79 Å². The molecule has 1 aliphatic carbocycles. The zero-order chi connectivity index (χ0) is 12.8. The standard InChI is InChI=1S/C13H19N3O2/c1-2-18-12(17)7-4-8-14-13-10-5-3-6-11(10)15-9-16-13/h9H,2-8H2,1H3,(H,14,15,16). The molecule has 0 radical (unpaired) electrons. The molecule has 1 aliphatic rings. The van der Waals surface area contributed by atoms with E-state index in [1.165, 1.54) is 5.56 Å². The number of hydrogen-bond acceptors (Lipinski definition) is 5. The molecule has 0 aliphatic heterocycles. The number of carbonyl (C=O) groups excluding carboxylic acids is 1. The van der Waals surface area contributed by atoms with E-state index < -0.39 is 0 Å². The van der Waals surface area contributed by atoms with Crippen LogP contribution in [-0.4, -0.2) is 29.1 Å². The van der Waals surface area contributed by atoms with Gasteiger partial charge < -0.3 is 10.1 Å². The Kier molecular flexibility index (Phi) is 4.50. The molecule has 1 aromatic rings. The summed E-state index contributed by atoms with van der Waals surface area (Å²) in [6, 6.07) is 0. The van der Waals surface area contributed by atoms with E-state index >= 15 is 0 Å². The zero-order valence-electron chi connectivity index (χ0n) is 10.7. The first-order valence-corrected chi connectivity index (χ1v) is 6.53. The molecule has 5 heteroatoms. The van der Waals surface area contributed by atoms with Gasteiger partial charge >= 0.3 is 5.97 Å². The average Bonchev–Trinajstić information content (AvgIpc) is 2.84. The van der Waals surface area contributed by atoms with E-state index in [1.54, 1.807) is 6.33 Å². The van der Waals surface area contributed by atoms with Gasteiger partial charge in [-0.25, -0.2) is 9.97 Å². The van der Waals surface area contributed by atoms with Crippen molar-refractivity contribution in [2.24, 2.45) is 0 Å². The number of carbonyl (C=O) groups is 1. The molecule has 0 aromatic carbocycles. The molecule has 2 rings (SSSR count). The Hall–Kier alpha value is -1.65. The van der Waals surface area contributed by atoms with Crippen LogP contribution in [0.5, 0.6) is 0 Å². The second-order valence-corrected chi connectivity index (χ2v) is 4.34. The van der Waals surface area contributed by atoms with Gasteiger partial charge in [0.05, 0.1) is 6.61 Å². The highest BCUT2D eigenvalue weighted by Crippen LogP contribution is 2.24. The van der Waals surface area contributed by atoms with Gasteiger partial charge in [0.15, 0.2) is 0 Å². The number of fused-ring (bicyclic) bond motifs is 1. The van der Waals surface area contributed by atoms with E-state index in [-0.39, 0.29) is 5.97 Å². The summed E-state index contributed by atoms with van der Waals surface area (Å²) >= 11 is 0. The molecule has 0 saturated carbocycles. The molecule has 1 aromatic heterocycles. The van der Waals surface area contributed by atoms with Crippen LogP contribution in [0, 0.1) is 0 Å². The maximum absolute atomic E-state index is 11.2. The average molecular weight is 249 g/mol. The van der Waals surface area contributed by atoms with E-state index in [0.717, 1.165) is 43.7 Å². The van der Waals surface area contributed by atoms with Gasteiger partial charge in [0.25, 0.3) is 0 Å². The fourth-order valence-electron chi connectivity index (χ4n) is 2.18. The van der Waals surface area contributed by atoms with E-state index in [2.05, 4.69) is 15.3 Å². The molecule has 18 heavy (non-hydrogen) atoms. The molecule has 98 valence electrons. The Morgan fingerprint density at radius 3 is 3.17 bits per heavy atom. The summed E-state index contributed by atoms with van der Waals surface area (Å²) in [5.41, 5.74) is 2.41. The molecule has 0 amide bonds. The fourth-order valence-corrected chi connectivity index (χ4v) is 2.18. The summed E-state index contributed by atoms with van der Waals surface area (Å²) in [6.45, 7) is 3.01. The van der Waals surface area contributed by atoms with Crippen molar-refractivity contribution in [2.75, 3.05) is 18.5 Å². The van der Waals surface area contributed by atoms with Gasteiger partial charge in [0, 0.05) is 24.2 Å². The number of anilines is 1. The third kappa shape index (κ3) is 3.18. The summed E-state index contributed by atoms with van der Waals surface area (Å²) < 4.78 is 4.88. The highest BCUT2D eigenvalue weighted by molar-refractivity contribution is 5.69. The third-order valence-electron chi connectivity index (χ3n) is 3.03. The molecule has 0 unspecified atom stereocenters. The van der Waals surface area contributed by atoms with Crippen LogP contribution in [0.25, 0.3) is 0 Å². The molecule has 0 atom stereocenters. The van der Waals surface area contributed by atoms with Gasteiger partial charge in [0.1, 0.15) is 12.1 Å². The molecule has 0 spiro atoms. The fraction of sp³-hybridized carbons (Fsp3) is 0.615. The monoisotopic (exact) mass is 249 g/mol. The lowest BCUT2D eigenvalue weighted by Crippen LogP contribution is -2.10. The Morgan fingerprint density at radius 1 is 1.44 bits per heavy atom. The molecule has 0 bridgehead atoms. The summed E-state index contributed by atoms with van der Waals surface area (Å²) in [4.78, 5) is 19.7. The van der Waals surface area contributed by atoms with Crippen LogP contribution in [-0.2, 0) is 22.4 Å². The lowest BCUT2D eigenvalue weighted by Gasteiger charge is -2.09. The lowest BCUT2D eigenvalue weighted by molar-refractivity contribution is -0.143. The van der Waals surface area contributed by atoms with Crippen LogP contribution in [0.1, 0.15) is 37.4 Å². The summed E-state index contributed by atoms with van der Waals surface area (Å²) in [6.07, 6.45) is 6.08. The number of hydrogen-bond donors (Lipinski definition) is 1. The van der Waals surface area contributed by atoms with Crippen LogP contribution in [0.3, 0.4) is 0 Å². The van der Waals surface area contributed by atoms with Crippen molar-refractivity contribution in [1.29, 1.82) is 0 Å². The number of aromatic nitrogens is 2. The summed E-state index contributed by atoms with van der Waals surface area (Å²) in [5.74, 6) is 0.800. The largest absolute Gasteiger partial charge is 0.466 e. The third-order valence-corrected chi connectivity index (χ3v) is 3.03. The minimum Gasteiger partial charge on any atom is -0.466 e. The van der Waals surface area contributed by atoms with Crippen LogP contribution < -0.4 is 5.32 Å². The van der Waals surface area contributed by atoms with Gasteiger partial charge in [-0.05, 0) is 32.6 Å². The van der Waals surface area contributed by atoms with Crippen molar-refractivity contribution in [2.45, 2.75) is 39.0 Å². The number of aryl methyl sites for hydroxylation is 1. The van der Waals surface area contributed by atoms with Crippen molar-refractivity contribution in [3.05, 3.63) is 17.6 Å². The number of rotatable bonds is 6. The van der Waals surface area contributed by atoms with Gasteiger partial charge in [0.2, 0.25) is 0 Å². The first-order chi connectivity index (χ1) is 8.81. The highest BCUT2D eigenvalue weighted by Gasteiger charge is 2.16. The number of ether oxygens (including phenoxy) is 1. The normalized spacial score (nSPS) is 13.2. The molecule has 0 saturated heterocycles. The van der Waals surface area contributed by atoms with Crippen LogP contribution in [0.2, 0.25) is 0 Å². The topological polar surface area (TPSA) is 64.1 Å². The first kappa shape index (κ1) is 12.8. The van der Waals surface area contributed by atoms with Gasteiger partial charge in [-0.1, -0.05) is 0 Å². The van der Waals surface area contributed by atoms with Crippen LogP contribution in [0.15, 0.2) is 6.33 Å². The molecule has 1 N–H and O–H groups in total. The Bertz CT molecular complexity index is 421. The Balaban J connectivity index is 1.77. The first-order valence-electron chi connectivity index (χ1n) is 6.53. The van der Waals surface area contributed by atoms with Gasteiger partial charge in [-0.2, -0.15) is 0 Å². The number of nitrogens with zero attached hydrogens (tertiary/aromatic N) is 2. The maximum atomic E-state index is 11.2. The predicted molar refractivity (Wildman–Crippen MR) is 68.4 cm³/mol. The second kappa shape index (κ2) is 6.33. The molecular formula is C13H19N3O2. The van der Waals surface area contributed by atoms with Gasteiger partial charge in [-0.15, -0.1) is 0 Å². The molecule has 0 fully saturated rings. The van der Waals surface area contributed by atoms with Crippen molar-refractivity contribution in [3.8, 4) is 0 Å². The van der Waals surface area contributed by atoms with Crippen molar-refractivity contribution in [1.82, 2.24) is 9.97 Å². The summed E-state index contributed by atoms with van der Waals surface area (Å²) in [7, 11) is 0. The van der Waals surface area contributed by atoms with Crippen LogP contribution in [0.4, 0.5) is 5.82 Å². The quantitative estimate of drug-likeness (QED) is 0.614. The molecular weight excluding hydrogens is 230 g/mol. The van der Waals surface area contributed by atoms with E-state index in [9.17, 15) is 4.79 Å². The van der Waals surface area contributed by atoms with Crippen molar-refractivity contribution < 1.29 is 9.53 Å². The number of esters is 1. The van der Waals surface area contributed by atoms with Crippen molar-refractivity contribution >= 4 is 11.8 Å².